The highest BCUT2D eigenvalue weighted by Gasteiger charge is 2.33. The van der Waals surface area contributed by atoms with Crippen LogP contribution in [0.25, 0.3) is 0 Å². The topological polar surface area (TPSA) is 61.8 Å². The van der Waals surface area contributed by atoms with Gasteiger partial charge in [-0.05, 0) is 13.8 Å². The summed E-state index contributed by atoms with van der Waals surface area (Å²) < 4.78 is 26.8. The quantitative estimate of drug-likeness (QED) is 0.502. The molecule has 0 aromatic carbocycles. The molecule has 0 rings (SSSR count). The van der Waals surface area contributed by atoms with E-state index in [-0.39, 0.29) is 6.42 Å². The van der Waals surface area contributed by atoms with Crippen molar-refractivity contribution in [3.63, 3.8) is 0 Å². The van der Waals surface area contributed by atoms with Gasteiger partial charge in [-0.3, -0.25) is 9.36 Å². The second kappa shape index (κ2) is 6.99. The Hall–Kier alpha value is -0.380. The van der Waals surface area contributed by atoms with Crippen molar-refractivity contribution in [2.45, 2.75) is 32.9 Å². The molecule has 0 aliphatic rings. The van der Waals surface area contributed by atoms with Crippen LogP contribution >= 0.6 is 7.60 Å². The highest BCUT2D eigenvalue weighted by molar-refractivity contribution is 7.54. The summed E-state index contributed by atoms with van der Waals surface area (Å²) in [4.78, 5) is 11.0. The van der Waals surface area contributed by atoms with Crippen molar-refractivity contribution in [1.82, 2.24) is 0 Å². The lowest BCUT2D eigenvalue weighted by molar-refractivity contribution is -0.140. The molecule has 0 heterocycles. The van der Waals surface area contributed by atoms with E-state index < -0.39 is 19.2 Å². The van der Waals surface area contributed by atoms with Crippen molar-refractivity contribution < 1.29 is 23.1 Å². The molecule has 0 spiro atoms. The minimum absolute atomic E-state index is 0.0355. The fourth-order valence-corrected chi connectivity index (χ4v) is 2.76. The second-order valence-corrected chi connectivity index (χ2v) is 5.48. The average Bonchev–Trinajstić information content (AvgIpc) is 2.18. The maximum atomic E-state index is 12.1. The first kappa shape index (κ1) is 14.6. The zero-order valence-corrected chi connectivity index (χ0v) is 10.6. The van der Waals surface area contributed by atoms with Gasteiger partial charge in [-0.2, -0.15) is 0 Å². The smallest absolute Gasteiger partial charge is 0.334 e. The molecule has 0 aromatic heterocycles. The van der Waals surface area contributed by atoms with E-state index in [4.69, 9.17) is 9.05 Å². The number of rotatable bonds is 7. The first-order valence-corrected chi connectivity index (χ1v) is 6.56. The third kappa shape index (κ3) is 4.78. The molecule has 0 radical (unpaired) electrons. The number of esters is 1. The fraction of sp³-hybridized carbons (Fsp3) is 0.889. The fourth-order valence-electron chi connectivity index (χ4n) is 1.09. The number of hydrogen-bond donors (Lipinski definition) is 0. The Balaban J connectivity index is 4.47. The van der Waals surface area contributed by atoms with Crippen LogP contribution < -0.4 is 0 Å². The molecule has 90 valence electrons. The standard InChI is InChI=1S/C9H19O5P/c1-5-13-15(11,14-6-2)8(3)7-9(10)12-4/h8H,5-7H2,1-4H3. The summed E-state index contributed by atoms with van der Waals surface area (Å²) >= 11 is 0. The van der Waals surface area contributed by atoms with Crippen molar-refractivity contribution in [2.75, 3.05) is 20.3 Å². The Labute approximate surface area is 90.6 Å². The van der Waals surface area contributed by atoms with Gasteiger partial charge in [0.05, 0.1) is 32.4 Å². The van der Waals surface area contributed by atoms with Crippen LogP contribution in [0.4, 0.5) is 0 Å². The van der Waals surface area contributed by atoms with Gasteiger partial charge in [0, 0.05) is 0 Å². The van der Waals surface area contributed by atoms with Gasteiger partial charge in [-0.1, -0.05) is 6.92 Å². The van der Waals surface area contributed by atoms with E-state index in [1.807, 2.05) is 0 Å². The molecule has 1 atom stereocenters. The summed E-state index contributed by atoms with van der Waals surface area (Å²) in [5.41, 5.74) is -0.482. The Morgan fingerprint density at radius 1 is 1.27 bits per heavy atom. The van der Waals surface area contributed by atoms with Gasteiger partial charge in [-0.25, -0.2) is 0 Å². The van der Waals surface area contributed by atoms with Crippen LogP contribution in [-0.2, 0) is 23.1 Å². The SMILES string of the molecule is CCOP(=O)(OCC)C(C)CC(=O)OC. The first-order valence-electron chi connectivity index (χ1n) is 4.95. The van der Waals surface area contributed by atoms with Crippen molar-refractivity contribution >= 4 is 13.6 Å². The zero-order chi connectivity index (χ0) is 11.9. The molecule has 0 fully saturated rings. The number of carbonyl (C=O) groups is 1. The zero-order valence-electron chi connectivity index (χ0n) is 9.69. The van der Waals surface area contributed by atoms with E-state index in [9.17, 15) is 9.36 Å². The van der Waals surface area contributed by atoms with Gasteiger partial charge >= 0.3 is 13.6 Å². The van der Waals surface area contributed by atoms with Gasteiger partial charge in [-0.15, -0.1) is 0 Å². The van der Waals surface area contributed by atoms with Crippen LogP contribution in [-0.4, -0.2) is 32.0 Å². The highest BCUT2D eigenvalue weighted by Crippen LogP contribution is 2.53. The van der Waals surface area contributed by atoms with Crippen molar-refractivity contribution in [3.05, 3.63) is 0 Å². The van der Waals surface area contributed by atoms with Crippen LogP contribution in [0, 0.1) is 0 Å². The van der Waals surface area contributed by atoms with Crippen molar-refractivity contribution in [3.8, 4) is 0 Å². The van der Waals surface area contributed by atoms with Crippen LogP contribution in [0.2, 0.25) is 0 Å². The lowest BCUT2D eigenvalue weighted by Crippen LogP contribution is -2.15. The average molecular weight is 238 g/mol. The minimum atomic E-state index is -3.18. The molecule has 0 saturated carbocycles. The van der Waals surface area contributed by atoms with E-state index >= 15 is 0 Å². The molecule has 6 heteroatoms. The van der Waals surface area contributed by atoms with Crippen molar-refractivity contribution in [1.29, 1.82) is 0 Å². The molecule has 5 nitrogen and oxygen atoms in total. The number of ether oxygens (including phenoxy) is 1. The summed E-state index contributed by atoms with van der Waals surface area (Å²) in [6, 6.07) is 0. The Kier molecular flexibility index (Phi) is 6.81. The molecule has 0 aliphatic carbocycles. The highest BCUT2D eigenvalue weighted by atomic mass is 31.2. The van der Waals surface area contributed by atoms with E-state index in [2.05, 4.69) is 4.74 Å². The van der Waals surface area contributed by atoms with Crippen LogP contribution in [0.15, 0.2) is 0 Å². The molecule has 0 aromatic rings. The van der Waals surface area contributed by atoms with Crippen molar-refractivity contribution in [2.24, 2.45) is 0 Å². The van der Waals surface area contributed by atoms with Gasteiger partial charge in [0.15, 0.2) is 0 Å². The Morgan fingerprint density at radius 2 is 1.73 bits per heavy atom. The van der Waals surface area contributed by atoms with E-state index in [1.54, 1.807) is 20.8 Å². The molecule has 0 saturated heterocycles. The maximum Gasteiger partial charge on any atom is 0.334 e. The number of methoxy groups -OCH3 is 1. The Bertz CT molecular complexity index is 231. The van der Waals surface area contributed by atoms with E-state index in [1.165, 1.54) is 7.11 Å². The monoisotopic (exact) mass is 238 g/mol. The van der Waals surface area contributed by atoms with Crippen LogP contribution in [0.1, 0.15) is 27.2 Å². The maximum absolute atomic E-state index is 12.1. The molecule has 0 bridgehead atoms. The Morgan fingerprint density at radius 3 is 2.07 bits per heavy atom. The summed E-state index contributed by atoms with van der Waals surface area (Å²) in [5, 5.41) is 0. The normalized spacial score (nSPS) is 13.6. The molecular weight excluding hydrogens is 219 g/mol. The van der Waals surface area contributed by atoms with Gasteiger partial charge in [0.1, 0.15) is 0 Å². The van der Waals surface area contributed by atoms with Crippen LogP contribution in [0.3, 0.4) is 0 Å². The summed E-state index contributed by atoms with van der Waals surface area (Å²) in [5.74, 6) is -0.415. The molecule has 0 amide bonds. The summed E-state index contributed by atoms with van der Waals surface area (Å²) in [7, 11) is -1.89. The molecule has 0 N–H and O–H groups in total. The lowest BCUT2D eigenvalue weighted by atomic mass is 10.3. The predicted octanol–water partition coefficient (Wildman–Crippen LogP) is 2.20. The molecule has 0 aliphatic heterocycles. The van der Waals surface area contributed by atoms with Crippen LogP contribution in [0.5, 0.6) is 0 Å². The molecule has 1 unspecified atom stereocenters. The second-order valence-electron chi connectivity index (χ2n) is 3.00. The summed E-state index contributed by atoms with van der Waals surface area (Å²) in [6.07, 6.45) is 0.0355. The van der Waals surface area contributed by atoms with Gasteiger partial charge < -0.3 is 13.8 Å². The summed E-state index contributed by atoms with van der Waals surface area (Å²) in [6.45, 7) is 5.71. The molecular formula is C9H19O5P. The number of carbonyl (C=O) groups excluding carboxylic acids is 1. The largest absolute Gasteiger partial charge is 0.469 e. The van der Waals surface area contributed by atoms with E-state index in [0.29, 0.717) is 13.2 Å². The third-order valence-corrected chi connectivity index (χ3v) is 4.35. The minimum Gasteiger partial charge on any atom is -0.469 e. The lowest BCUT2D eigenvalue weighted by Gasteiger charge is -2.22. The number of hydrogen-bond acceptors (Lipinski definition) is 5. The van der Waals surface area contributed by atoms with Gasteiger partial charge in [0.25, 0.3) is 0 Å². The third-order valence-electron chi connectivity index (χ3n) is 1.85. The predicted molar refractivity (Wildman–Crippen MR) is 57.0 cm³/mol. The van der Waals surface area contributed by atoms with E-state index in [0.717, 1.165) is 0 Å². The first-order chi connectivity index (χ1) is 7.00. The van der Waals surface area contributed by atoms with Gasteiger partial charge in [0.2, 0.25) is 0 Å². The molecule has 15 heavy (non-hydrogen) atoms.